The van der Waals surface area contributed by atoms with E-state index in [1.165, 1.54) is 0 Å². The number of aromatic amines is 1. The van der Waals surface area contributed by atoms with E-state index in [1.807, 2.05) is 36.5 Å². The van der Waals surface area contributed by atoms with Crippen LogP contribution in [0.1, 0.15) is 0 Å². The molecule has 0 aliphatic rings. The molecule has 5 nitrogen and oxygen atoms in total. The number of carbonyl (C=O) groups is 1. The average molecular weight is 267 g/mol. The minimum absolute atomic E-state index is 0.429. The first kappa shape index (κ1) is 12.4. The number of pyridine rings is 1. The molecule has 0 fully saturated rings. The molecule has 0 unspecified atom stereocenters. The second-order valence-electron chi connectivity index (χ2n) is 4.43. The lowest BCUT2D eigenvalue weighted by molar-refractivity contribution is -0.118. The number of nitrogens with one attached hydrogen (secondary N) is 2. The number of nitrogens with zero attached hydrogens (tertiary/aromatic N) is 1. The Balaban J connectivity index is 1.96. The van der Waals surface area contributed by atoms with Gasteiger partial charge in [0.25, 0.3) is 0 Å². The molecule has 0 aliphatic carbocycles. The third-order valence-electron chi connectivity index (χ3n) is 3.02. The van der Waals surface area contributed by atoms with Crippen LogP contribution >= 0.6 is 0 Å². The zero-order valence-electron chi connectivity index (χ0n) is 10.6. The second kappa shape index (κ2) is 5.14. The molecule has 0 aliphatic heterocycles. The summed E-state index contributed by atoms with van der Waals surface area (Å²) in [4.78, 5) is 18.6. The van der Waals surface area contributed by atoms with Crippen molar-refractivity contribution >= 4 is 22.6 Å². The molecule has 3 rings (SSSR count). The van der Waals surface area contributed by atoms with Gasteiger partial charge in [-0.2, -0.15) is 0 Å². The number of benzene rings is 1. The van der Waals surface area contributed by atoms with Gasteiger partial charge >= 0.3 is 0 Å². The number of rotatable bonds is 3. The Morgan fingerprint density at radius 2 is 2.15 bits per heavy atom. The monoisotopic (exact) mass is 267 g/mol. The summed E-state index contributed by atoms with van der Waals surface area (Å²) in [6, 6.07) is 11.4. The molecule has 0 spiro atoms. The van der Waals surface area contributed by atoms with Crippen molar-refractivity contribution in [1.29, 1.82) is 0 Å². The van der Waals surface area contributed by atoms with Crippen molar-refractivity contribution in [2.45, 2.75) is 0 Å². The van der Waals surface area contributed by atoms with Gasteiger partial charge in [0.15, 0.2) is 0 Å². The zero-order valence-corrected chi connectivity index (χ0v) is 10.6. The molecule has 5 heteroatoms. The van der Waals surface area contributed by atoms with Crippen LogP contribution in [0, 0.1) is 0 Å². The SMILES string of the molecule is O=C(CO)Nc1cccc(-c2cnc3[nH]ccc3c2)c1. The summed E-state index contributed by atoms with van der Waals surface area (Å²) in [6.07, 6.45) is 3.63. The van der Waals surface area contributed by atoms with Crippen molar-refractivity contribution in [2.24, 2.45) is 0 Å². The summed E-state index contributed by atoms with van der Waals surface area (Å²) in [5.41, 5.74) is 3.42. The molecule has 0 radical (unpaired) electrons. The molecular formula is C15H13N3O2. The fraction of sp³-hybridized carbons (Fsp3) is 0.0667. The first-order valence-corrected chi connectivity index (χ1v) is 6.20. The molecule has 20 heavy (non-hydrogen) atoms. The van der Waals surface area contributed by atoms with Crippen LogP contribution in [0.4, 0.5) is 5.69 Å². The maximum absolute atomic E-state index is 11.2. The van der Waals surface area contributed by atoms with Crippen LogP contribution < -0.4 is 5.32 Å². The Kier molecular flexibility index (Phi) is 3.18. The standard InChI is InChI=1S/C15H13N3O2/c19-9-14(20)18-13-3-1-2-10(7-13)12-6-11-4-5-16-15(11)17-8-12/h1-8,19H,9H2,(H,16,17)(H,18,20). The van der Waals surface area contributed by atoms with Gasteiger partial charge in [0.05, 0.1) is 0 Å². The fourth-order valence-electron chi connectivity index (χ4n) is 2.07. The molecule has 0 bridgehead atoms. The van der Waals surface area contributed by atoms with Crippen molar-refractivity contribution in [1.82, 2.24) is 9.97 Å². The topological polar surface area (TPSA) is 78.0 Å². The second-order valence-corrected chi connectivity index (χ2v) is 4.43. The van der Waals surface area contributed by atoms with E-state index in [9.17, 15) is 4.79 Å². The van der Waals surface area contributed by atoms with Gasteiger partial charge in [0.1, 0.15) is 12.3 Å². The van der Waals surface area contributed by atoms with E-state index in [4.69, 9.17) is 5.11 Å². The van der Waals surface area contributed by atoms with E-state index in [2.05, 4.69) is 15.3 Å². The van der Waals surface area contributed by atoms with Gasteiger partial charge in [0, 0.05) is 29.0 Å². The fourth-order valence-corrected chi connectivity index (χ4v) is 2.07. The minimum atomic E-state index is -0.527. The van der Waals surface area contributed by atoms with Crippen molar-refractivity contribution < 1.29 is 9.90 Å². The number of H-pyrrole nitrogens is 1. The summed E-state index contributed by atoms with van der Waals surface area (Å²) < 4.78 is 0. The Labute approximate surface area is 115 Å². The molecule has 1 aromatic carbocycles. The Hall–Kier alpha value is -2.66. The smallest absolute Gasteiger partial charge is 0.250 e. The van der Waals surface area contributed by atoms with E-state index in [0.29, 0.717) is 5.69 Å². The molecule has 0 saturated heterocycles. The highest BCUT2D eigenvalue weighted by molar-refractivity contribution is 5.92. The highest BCUT2D eigenvalue weighted by Gasteiger charge is 2.04. The molecular weight excluding hydrogens is 254 g/mol. The minimum Gasteiger partial charge on any atom is -0.387 e. The summed E-state index contributed by atoms with van der Waals surface area (Å²) in [5.74, 6) is -0.429. The van der Waals surface area contributed by atoms with Crippen LogP contribution in [0.3, 0.4) is 0 Å². The lowest BCUT2D eigenvalue weighted by atomic mass is 10.1. The number of amides is 1. The van der Waals surface area contributed by atoms with E-state index in [1.54, 1.807) is 12.3 Å². The lowest BCUT2D eigenvalue weighted by Gasteiger charge is -2.06. The van der Waals surface area contributed by atoms with Crippen molar-refractivity contribution in [3.05, 3.63) is 48.8 Å². The van der Waals surface area contributed by atoms with Gasteiger partial charge in [-0.1, -0.05) is 12.1 Å². The Morgan fingerprint density at radius 1 is 1.25 bits per heavy atom. The van der Waals surface area contributed by atoms with Gasteiger partial charge in [-0.25, -0.2) is 4.98 Å². The third-order valence-corrected chi connectivity index (χ3v) is 3.02. The van der Waals surface area contributed by atoms with Crippen molar-refractivity contribution in [2.75, 3.05) is 11.9 Å². The van der Waals surface area contributed by atoms with E-state index in [-0.39, 0.29) is 0 Å². The molecule has 3 aromatic rings. The Bertz CT molecular complexity index is 764. The van der Waals surface area contributed by atoms with Gasteiger partial charge < -0.3 is 15.4 Å². The molecule has 0 saturated carbocycles. The molecule has 100 valence electrons. The maximum atomic E-state index is 11.2. The Morgan fingerprint density at radius 3 is 3.00 bits per heavy atom. The van der Waals surface area contributed by atoms with Crippen molar-refractivity contribution in [3.8, 4) is 11.1 Å². The predicted molar refractivity (Wildman–Crippen MR) is 77.2 cm³/mol. The third kappa shape index (κ3) is 2.39. The predicted octanol–water partition coefficient (Wildman–Crippen LogP) is 2.16. The van der Waals surface area contributed by atoms with Crippen LogP contribution in [0.5, 0.6) is 0 Å². The number of hydrogen-bond acceptors (Lipinski definition) is 3. The number of fused-ring (bicyclic) bond motifs is 1. The highest BCUT2D eigenvalue weighted by Crippen LogP contribution is 2.24. The van der Waals surface area contributed by atoms with Gasteiger partial charge in [-0.05, 0) is 29.8 Å². The molecule has 1 amide bonds. The van der Waals surface area contributed by atoms with E-state index in [0.717, 1.165) is 22.2 Å². The average Bonchev–Trinajstić information content (AvgIpc) is 2.94. The number of anilines is 1. The number of carbonyl (C=O) groups excluding carboxylic acids is 1. The summed E-state index contributed by atoms with van der Waals surface area (Å²) >= 11 is 0. The first-order chi connectivity index (χ1) is 9.76. The number of aliphatic hydroxyl groups excluding tert-OH is 1. The lowest BCUT2D eigenvalue weighted by Crippen LogP contribution is -2.15. The normalized spacial score (nSPS) is 10.7. The van der Waals surface area contributed by atoms with Crippen molar-refractivity contribution in [3.63, 3.8) is 0 Å². The molecule has 2 heterocycles. The first-order valence-electron chi connectivity index (χ1n) is 6.20. The zero-order chi connectivity index (χ0) is 13.9. The molecule has 3 N–H and O–H groups in total. The summed E-state index contributed by atoms with van der Waals surface area (Å²) in [5, 5.41) is 12.4. The quantitative estimate of drug-likeness (QED) is 0.680. The van der Waals surface area contributed by atoms with Crippen LogP contribution in [0.2, 0.25) is 0 Å². The molecule has 0 atom stereocenters. The maximum Gasteiger partial charge on any atom is 0.250 e. The van der Waals surface area contributed by atoms with Gasteiger partial charge in [-0.15, -0.1) is 0 Å². The van der Waals surface area contributed by atoms with Crippen LogP contribution in [0.25, 0.3) is 22.2 Å². The summed E-state index contributed by atoms with van der Waals surface area (Å²) in [7, 11) is 0. The van der Waals surface area contributed by atoms with Crippen LogP contribution in [-0.2, 0) is 4.79 Å². The number of hydrogen-bond donors (Lipinski definition) is 3. The number of aromatic nitrogens is 2. The van der Waals surface area contributed by atoms with E-state index >= 15 is 0 Å². The number of aliphatic hydroxyl groups is 1. The largest absolute Gasteiger partial charge is 0.387 e. The van der Waals surface area contributed by atoms with Gasteiger partial charge in [0.2, 0.25) is 5.91 Å². The van der Waals surface area contributed by atoms with E-state index < -0.39 is 12.5 Å². The van der Waals surface area contributed by atoms with Gasteiger partial charge in [-0.3, -0.25) is 4.79 Å². The van der Waals surface area contributed by atoms with Crippen LogP contribution in [-0.4, -0.2) is 27.6 Å². The highest BCUT2D eigenvalue weighted by atomic mass is 16.3. The summed E-state index contributed by atoms with van der Waals surface area (Å²) in [6.45, 7) is -0.527. The molecule has 2 aromatic heterocycles. The van der Waals surface area contributed by atoms with Crippen LogP contribution in [0.15, 0.2) is 48.8 Å².